The summed E-state index contributed by atoms with van der Waals surface area (Å²) in [5.41, 5.74) is 0.103. The standard InChI is InChI=1S/C8H11N3O4/c1-3-4-10-6(8(12)15-2)5-7(9-10)11(13)14/h5H,3-4H2,1-2H3. The smallest absolute Gasteiger partial charge is 0.390 e. The molecule has 0 aliphatic rings. The van der Waals surface area contributed by atoms with Crippen molar-refractivity contribution in [3.05, 3.63) is 21.9 Å². The molecule has 0 aliphatic heterocycles. The van der Waals surface area contributed by atoms with E-state index >= 15 is 0 Å². The third kappa shape index (κ3) is 2.30. The topological polar surface area (TPSA) is 87.3 Å². The summed E-state index contributed by atoms with van der Waals surface area (Å²) in [7, 11) is 1.22. The van der Waals surface area contributed by atoms with Crippen molar-refractivity contribution in [3.8, 4) is 0 Å². The minimum Gasteiger partial charge on any atom is -0.464 e. The Morgan fingerprint density at radius 3 is 2.87 bits per heavy atom. The molecule has 0 amide bonds. The molecule has 0 spiro atoms. The number of rotatable bonds is 4. The summed E-state index contributed by atoms with van der Waals surface area (Å²) in [6.07, 6.45) is 0.725. The number of aryl methyl sites for hydroxylation is 1. The lowest BCUT2D eigenvalue weighted by molar-refractivity contribution is -0.389. The number of nitro groups is 1. The van der Waals surface area contributed by atoms with Gasteiger partial charge in [-0.3, -0.25) is 0 Å². The Hall–Kier alpha value is -1.92. The van der Waals surface area contributed by atoms with Gasteiger partial charge in [0.25, 0.3) is 0 Å². The second kappa shape index (κ2) is 4.54. The molecular weight excluding hydrogens is 202 g/mol. The number of ether oxygens (including phenoxy) is 1. The summed E-state index contributed by atoms with van der Waals surface area (Å²) in [5.74, 6) is -0.965. The lowest BCUT2D eigenvalue weighted by Gasteiger charge is -1.98. The van der Waals surface area contributed by atoms with E-state index < -0.39 is 10.9 Å². The number of carbonyl (C=O) groups excluding carboxylic acids is 1. The van der Waals surface area contributed by atoms with Crippen molar-refractivity contribution < 1.29 is 14.5 Å². The maximum Gasteiger partial charge on any atom is 0.390 e. The van der Waals surface area contributed by atoms with Crippen LogP contribution in [0.1, 0.15) is 23.8 Å². The Kier molecular flexibility index (Phi) is 3.37. The molecule has 0 bridgehead atoms. The number of methoxy groups -OCH3 is 1. The van der Waals surface area contributed by atoms with E-state index in [2.05, 4.69) is 9.84 Å². The molecule has 7 nitrogen and oxygen atoms in total. The van der Waals surface area contributed by atoms with Gasteiger partial charge in [0.1, 0.15) is 0 Å². The zero-order chi connectivity index (χ0) is 11.4. The minimum absolute atomic E-state index is 0.103. The van der Waals surface area contributed by atoms with Crippen LogP contribution in [-0.4, -0.2) is 27.8 Å². The SMILES string of the molecule is CCCn1nc([N+](=O)[O-])cc1C(=O)OC. The number of esters is 1. The molecule has 0 aliphatic carbocycles. The van der Waals surface area contributed by atoms with E-state index in [9.17, 15) is 14.9 Å². The lowest BCUT2D eigenvalue weighted by atomic mass is 10.4. The van der Waals surface area contributed by atoms with E-state index in [1.54, 1.807) is 0 Å². The van der Waals surface area contributed by atoms with Crippen LogP contribution in [0.25, 0.3) is 0 Å². The Bertz CT molecular complexity index is 385. The van der Waals surface area contributed by atoms with Crippen molar-refractivity contribution in [1.29, 1.82) is 0 Å². The molecule has 1 heterocycles. The van der Waals surface area contributed by atoms with E-state index in [1.807, 2.05) is 6.92 Å². The summed E-state index contributed by atoms with van der Waals surface area (Å²) in [6, 6.07) is 1.11. The van der Waals surface area contributed by atoms with Crippen LogP contribution >= 0.6 is 0 Å². The van der Waals surface area contributed by atoms with Crippen LogP contribution in [0.5, 0.6) is 0 Å². The Morgan fingerprint density at radius 2 is 2.40 bits per heavy atom. The first-order valence-electron chi connectivity index (χ1n) is 4.40. The number of aromatic nitrogens is 2. The molecule has 0 N–H and O–H groups in total. The Labute approximate surface area is 85.8 Å². The quantitative estimate of drug-likeness (QED) is 0.422. The van der Waals surface area contributed by atoms with Gasteiger partial charge in [-0.2, -0.15) is 4.68 Å². The van der Waals surface area contributed by atoms with Crippen molar-refractivity contribution >= 4 is 11.8 Å². The molecule has 0 radical (unpaired) electrons. The fraction of sp³-hybridized carbons (Fsp3) is 0.500. The molecule has 1 rings (SSSR count). The molecule has 0 aromatic carbocycles. The number of nitrogens with zero attached hydrogens (tertiary/aromatic N) is 3. The van der Waals surface area contributed by atoms with Crippen LogP contribution in [0.4, 0.5) is 5.82 Å². The summed E-state index contributed by atoms with van der Waals surface area (Å²) in [5, 5.41) is 14.1. The molecular formula is C8H11N3O4. The van der Waals surface area contributed by atoms with E-state index in [0.29, 0.717) is 6.54 Å². The monoisotopic (exact) mass is 213 g/mol. The third-order valence-corrected chi connectivity index (χ3v) is 1.78. The van der Waals surface area contributed by atoms with E-state index in [1.165, 1.54) is 11.8 Å². The van der Waals surface area contributed by atoms with Gasteiger partial charge >= 0.3 is 11.8 Å². The molecule has 82 valence electrons. The zero-order valence-electron chi connectivity index (χ0n) is 8.47. The normalized spacial score (nSPS) is 10.0. The highest BCUT2D eigenvalue weighted by molar-refractivity contribution is 5.88. The van der Waals surface area contributed by atoms with Crippen molar-refractivity contribution in [2.45, 2.75) is 19.9 Å². The molecule has 0 saturated carbocycles. The van der Waals surface area contributed by atoms with Crippen LogP contribution < -0.4 is 0 Å². The van der Waals surface area contributed by atoms with Gasteiger partial charge in [0.2, 0.25) is 0 Å². The maximum atomic E-state index is 11.2. The summed E-state index contributed by atoms with van der Waals surface area (Å²) >= 11 is 0. The summed E-state index contributed by atoms with van der Waals surface area (Å²) in [6.45, 7) is 2.33. The molecule has 1 aromatic heterocycles. The second-order valence-corrected chi connectivity index (χ2v) is 2.86. The zero-order valence-corrected chi connectivity index (χ0v) is 8.47. The van der Waals surface area contributed by atoms with Gasteiger partial charge in [-0.1, -0.05) is 6.92 Å². The van der Waals surface area contributed by atoms with Crippen molar-refractivity contribution in [2.24, 2.45) is 0 Å². The van der Waals surface area contributed by atoms with Crippen molar-refractivity contribution in [3.63, 3.8) is 0 Å². The van der Waals surface area contributed by atoms with Crippen LogP contribution in [0.15, 0.2) is 6.07 Å². The number of hydrogen-bond donors (Lipinski definition) is 0. The highest BCUT2D eigenvalue weighted by atomic mass is 16.6. The van der Waals surface area contributed by atoms with Crippen molar-refractivity contribution in [1.82, 2.24) is 9.78 Å². The molecule has 0 saturated heterocycles. The van der Waals surface area contributed by atoms with Crippen LogP contribution in [0, 0.1) is 10.1 Å². The van der Waals surface area contributed by atoms with Gasteiger partial charge in [-0.15, -0.1) is 0 Å². The van der Waals surface area contributed by atoms with E-state index in [4.69, 9.17) is 0 Å². The number of hydrogen-bond acceptors (Lipinski definition) is 5. The summed E-state index contributed by atoms with van der Waals surface area (Å²) in [4.78, 5) is 21.1. The van der Waals surface area contributed by atoms with Gasteiger partial charge in [0.05, 0.1) is 24.8 Å². The average molecular weight is 213 g/mol. The molecule has 0 fully saturated rings. The summed E-state index contributed by atoms with van der Waals surface area (Å²) < 4.78 is 5.78. The minimum atomic E-state index is -0.640. The van der Waals surface area contributed by atoms with E-state index in [0.717, 1.165) is 12.5 Å². The highest BCUT2D eigenvalue weighted by Gasteiger charge is 2.22. The predicted octanol–water partition coefficient (Wildman–Crippen LogP) is 0.988. The molecule has 0 atom stereocenters. The second-order valence-electron chi connectivity index (χ2n) is 2.86. The first kappa shape index (κ1) is 11.2. The molecule has 7 heteroatoms. The fourth-order valence-electron chi connectivity index (χ4n) is 1.14. The van der Waals surface area contributed by atoms with Crippen LogP contribution in [0.2, 0.25) is 0 Å². The highest BCUT2D eigenvalue weighted by Crippen LogP contribution is 2.13. The van der Waals surface area contributed by atoms with Gasteiger partial charge in [-0.25, -0.2) is 4.79 Å². The van der Waals surface area contributed by atoms with E-state index in [-0.39, 0.29) is 11.5 Å². The Morgan fingerprint density at radius 1 is 1.73 bits per heavy atom. The number of carbonyl (C=O) groups is 1. The fourth-order valence-corrected chi connectivity index (χ4v) is 1.14. The predicted molar refractivity (Wildman–Crippen MR) is 50.5 cm³/mol. The van der Waals surface area contributed by atoms with Gasteiger partial charge in [0, 0.05) is 0 Å². The third-order valence-electron chi connectivity index (χ3n) is 1.78. The van der Waals surface area contributed by atoms with Gasteiger partial charge < -0.3 is 14.9 Å². The molecule has 15 heavy (non-hydrogen) atoms. The maximum absolute atomic E-state index is 11.2. The Balaban J connectivity index is 3.11. The van der Waals surface area contributed by atoms with Gasteiger partial charge in [0.15, 0.2) is 5.69 Å². The van der Waals surface area contributed by atoms with Crippen LogP contribution in [-0.2, 0) is 11.3 Å². The largest absolute Gasteiger partial charge is 0.464 e. The van der Waals surface area contributed by atoms with Crippen molar-refractivity contribution in [2.75, 3.05) is 7.11 Å². The lowest BCUT2D eigenvalue weighted by Crippen LogP contribution is -2.11. The first-order chi connectivity index (χ1) is 7.10. The van der Waals surface area contributed by atoms with Gasteiger partial charge in [-0.05, 0) is 11.3 Å². The van der Waals surface area contributed by atoms with Crippen LogP contribution in [0.3, 0.4) is 0 Å². The molecule has 0 unspecified atom stereocenters. The molecule has 1 aromatic rings. The first-order valence-corrected chi connectivity index (χ1v) is 4.40. The average Bonchev–Trinajstić information content (AvgIpc) is 2.61.